The number of hydrogen-bond donors (Lipinski definition) is 1. The summed E-state index contributed by atoms with van der Waals surface area (Å²) >= 11 is 0. The fraction of sp³-hybridized carbons (Fsp3) is 0.533. The maximum atomic E-state index is 12.3. The highest BCUT2D eigenvalue weighted by atomic mass is 16.5. The predicted octanol–water partition coefficient (Wildman–Crippen LogP) is -0.0220. The molecule has 1 unspecified atom stereocenters. The van der Waals surface area contributed by atoms with Crippen LogP contribution in [0.25, 0.3) is 11.0 Å². The molecule has 2 aromatic rings. The van der Waals surface area contributed by atoms with Crippen molar-refractivity contribution in [2.24, 2.45) is 7.05 Å². The van der Waals surface area contributed by atoms with E-state index >= 15 is 0 Å². The van der Waals surface area contributed by atoms with Crippen LogP contribution in [0, 0.1) is 0 Å². The first kappa shape index (κ1) is 17.6. The number of nitrogens with zero attached hydrogens (tertiary/aromatic N) is 4. The second-order valence-electron chi connectivity index (χ2n) is 5.42. The largest absolute Gasteiger partial charge is 0.452 e. The number of hydrogen-bond acceptors (Lipinski definition) is 6. The van der Waals surface area contributed by atoms with Crippen molar-refractivity contribution < 1.29 is 14.3 Å². The first-order valence-electron chi connectivity index (χ1n) is 7.78. The van der Waals surface area contributed by atoms with Gasteiger partial charge in [0, 0.05) is 20.1 Å². The van der Waals surface area contributed by atoms with Crippen LogP contribution in [0.4, 0.5) is 0 Å². The topological polar surface area (TPSA) is 108 Å². The second-order valence-corrected chi connectivity index (χ2v) is 5.42. The lowest BCUT2D eigenvalue weighted by atomic mass is 10.3. The van der Waals surface area contributed by atoms with Gasteiger partial charge in [0.1, 0.15) is 5.39 Å². The Morgan fingerprint density at radius 3 is 2.88 bits per heavy atom. The molecule has 1 amide bonds. The number of aryl methyl sites for hydroxylation is 2. The summed E-state index contributed by atoms with van der Waals surface area (Å²) in [7, 11) is 1.70. The molecular formula is C15H21N5O4. The Bertz CT molecular complexity index is 795. The van der Waals surface area contributed by atoms with Gasteiger partial charge < -0.3 is 10.1 Å². The van der Waals surface area contributed by atoms with E-state index in [4.69, 9.17) is 4.74 Å². The van der Waals surface area contributed by atoms with E-state index < -0.39 is 12.1 Å². The summed E-state index contributed by atoms with van der Waals surface area (Å²) in [5.74, 6) is -0.881. The molecular weight excluding hydrogens is 314 g/mol. The Balaban J connectivity index is 1.93. The first-order chi connectivity index (χ1) is 11.4. The minimum absolute atomic E-state index is 0.0290. The minimum Gasteiger partial charge on any atom is -0.452 e. The number of aromatic nitrogens is 4. The fourth-order valence-electron chi connectivity index (χ4n) is 2.14. The lowest BCUT2D eigenvalue weighted by Gasteiger charge is -2.13. The van der Waals surface area contributed by atoms with E-state index in [1.807, 2.05) is 6.92 Å². The molecule has 2 heterocycles. The monoisotopic (exact) mass is 335 g/mol. The number of carbonyl (C=O) groups is 2. The van der Waals surface area contributed by atoms with Crippen molar-refractivity contribution in [3.05, 3.63) is 22.9 Å². The van der Waals surface area contributed by atoms with E-state index in [1.165, 1.54) is 28.7 Å². The molecule has 0 fully saturated rings. The van der Waals surface area contributed by atoms with Crippen molar-refractivity contribution in [1.29, 1.82) is 0 Å². The third kappa shape index (κ3) is 3.98. The van der Waals surface area contributed by atoms with Crippen LogP contribution < -0.4 is 10.9 Å². The Kier molecular flexibility index (Phi) is 5.67. The van der Waals surface area contributed by atoms with E-state index in [9.17, 15) is 14.4 Å². The number of carbonyl (C=O) groups excluding carboxylic acids is 2. The van der Waals surface area contributed by atoms with Gasteiger partial charge in [0.2, 0.25) is 0 Å². The summed E-state index contributed by atoms with van der Waals surface area (Å²) in [6.45, 7) is 4.10. The van der Waals surface area contributed by atoms with Gasteiger partial charge in [0.05, 0.1) is 18.9 Å². The molecule has 2 aromatic heterocycles. The molecule has 9 heteroatoms. The highest BCUT2D eigenvalue weighted by Crippen LogP contribution is 2.04. The third-order valence-corrected chi connectivity index (χ3v) is 3.50. The van der Waals surface area contributed by atoms with Gasteiger partial charge >= 0.3 is 5.97 Å². The first-order valence-corrected chi connectivity index (χ1v) is 7.78. The normalized spacial score (nSPS) is 12.1. The molecule has 9 nitrogen and oxygen atoms in total. The zero-order chi connectivity index (χ0) is 17.7. The average molecular weight is 335 g/mol. The predicted molar refractivity (Wildman–Crippen MR) is 86.2 cm³/mol. The number of esters is 1. The van der Waals surface area contributed by atoms with Crippen molar-refractivity contribution in [3.8, 4) is 0 Å². The molecule has 0 spiro atoms. The average Bonchev–Trinajstić information content (AvgIpc) is 2.94. The molecule has 0 aliphatic rings. The van der Waals surface area contributed by atoms with Crippen LogP contribution in [-0.2, 0) is 27.9 Å². The van der Waals surface area contributed by atoms with Crippen molar-refractivity contribution in [2.45, 2.75) is 39.3 Å². The van der Waals surface area contributed by atoms with Gasteiger partial charge in [-0.3, -0.25) is 23.6 Å². The Labute approximate surface area is 138 Å². The van der Waals surface area contributed by atoms with Gasteiger partial charge in [-0.25, -0.2) is 4.98 Å². The lowest BCUT2D eigenvalue weighted by molar-refractivity contribution is -0.155. The summed E-state index contributed by atoms with van der Waals surface area (Å²) in [6, 6.07) is 0. The van der Waals surface area contributed by atoms with Crippen LogP contribution >= 0.6 is 0 Å². The fourth-order valence-corrected chi connectivity index (χ4v) is 2.14. The number of ether oxygens (including phenoxy) is 1. The molecule has 1 N–H and O–H groups in total. The van der Waals surface area contributed by atoms with Crippen LogP contribution in [0.15, 0.2) is 17.3 Å². The third-order valence-electron chi connectivity index (χ3n) is 3.50. The molecule has 0 saturated heterocycles. The van der Waals surface area contributed by atoms with Crippen LogP contribution in [0.3, 0.4) is 0 Å². The maximum Gasteiger partial charge on any atom is 0.308 e. The molecule has 130 valence electrons. The zero-order valence-corrected chi connectivity index (χ0v) is 14.0. The quantitative estimate of drug-likeness (QED) is 0.712. The maximum absolute atomic E-state index is 12.3. The van der Waals surface area contributed by atoms with E-state index in [2.05, 4.69) is 15.4 Å². The molecule has 0 aliphatic carbocycles. The van der Waals surface area contributed by atoms with Gasteiger partial charge in [0.25, 0.3) is 11.5 Å². The number of fused-ring (bicyclic) bond motifs is 1. The Morgan fingerprint density at radius 2 is 2.17 bits per heavy atom. The summed E-state index contributed by atoms with van der Waals surface area (Å²) < 4.78 is 7.89. The summed E-state index contributed by atoms with van der Waals surface area (Å²) in [6.07, 6.45) is 2.73. The molecule has 0 aromatic carbocycles. The van der Waals surface area contributed by atoms with E-state index in [-0.39, 0.29) is 24.4 Å². The second kappa shape index (κ2) is 7.71. The van der Waals surface area contributed by atoms with Gasteiger partial charge in [-0.05, 0) is 13.3 Å². The standard InChI is InChI=1S/C15H21N5O4/c1-4-6-16-14(22)10(2)24-12(21)5-7-20-9-17-13-11(15(20)23)8-18-19(13)3/h8-10H,4-7H2,1-3H3,(H,16,22). The van der Waals surface area contributed by atoms with Crippen molar-refractivity contribution in [2.75, 3.05) is 6.54 Å². The van der Waals surface area contributed by atoms with Gasteiger partial charge in [0.15, 0.2) is 11.8 Å². The van der Waals surface area contributed by atoms with Crippen molar-refractivity contribution >= 4 is 22.9 Å². The lowest BCUT2D eigenvalue weighted by Crippen LogP contribution is -2.36. The Hall–Kier alpha value is -2.71. The van der Waals surface area contributed by atoms with Crippen LogP contribution in [0.5, 0.6) is 0 Å². The SMILES string of the molecule is CCCNC(=O)C(C)OC(=O)CCn1cnc2c(cnn2C)c1=O. The van der Waals surface area contributed by atoms with Crippen molar-refractivity contribution in [1.82, 2.24) is 24.6 Å². The molecule has 0 saturated carbocycles. The number of rotatable bonds is 7. The molecule has 0 aliphatic heterocycles. The van der Waals surface area contributed by atoms with Gasteiger partial charge in [-0.15, -0.1) is 0 Å². The van der Waals surface area contributed by atoms with Crippen LogP contribution in [0.2, 0.25) is 0 Å². The van der Waals surface area contributed by atoms with Crippen LogP contribution in [-0.4, -0.2) is 43.9 Å². The summed E-state index contributed by atoms with van der Waals surface area (Å²) in [5, 5.41) is 7.02. The number of amides is 1. The van der Waals surface area contributed by atoms with E-state index in [0.717, 1.165) is 6.42 Å². The summed E-state index contributed by atoms with van der Waals surface area (Å²) in [4.78, 5) is 39.9. The van der Waals surface area contributed by atoms with Gasteiger partial charge in [-0.1, -0.05) is 6.92 Å². The zero-order valence-electron chi connectivity index (χ0n) is 14.0. The molecule has 24 heavy (non-hydrogen) atoms. The van der Waals surface area contributed by atoms with Crippen molar-refractivity contribution in [3.63, 3.8) is 0 Å². The summed E-state index contributed by atoms with van der Waals surface area (Å²) in [5.41, 5.74) is 0.217. The molecule has 0 bridgehead atoms. The molecule has 1 atom stereocenters. The number of nitrogens with one attached hydrogen (secondary N) is 1. The van der Waals surface area contributed by atoms with Crippen LogP contribution in [0.1, 0.15) is 26.7 Å². The molecule has 0 radical (unpaired) electrons. The highest BCUT2D eigenvalue weighted by molar-refractivity contribution is 5.83. The highest BCUT2D eigenvalue weighted by Gasteiger charge is 2.17. The van der Waals surface area contributed by atoms with Gasteiger partial charge in [-0.2, -0.15) is 5.10 Å². The molecule has 2 rings (SSSR count). The van der Waals surface area contributed by atoms with E-state index in [1.54, 1.807) is 7.05 Å². The Morgan fingerprint density at radius 1 is 1.42 bits per heavy atom. The smallest absolute Gasteiger partial charge is 0.308 e. The van der Waals surface area contributed by atoms with E-state index in [0.29, 0.717) is 17.6 Å². The minimum atomic E-state index is -0.861.